The van der Waals surface area contributed by atoms with E-state index in [-0.39, 0.29) is 11.3 Å². The summed E-state index contributed by atoms with van der Waals surface area (Å²) in [5.41, 5.74) is -0.0775. The number of aliphatic carboxylic acids is 1. The van der Waals surface area contributed by atoms with Gasteiger partial charge in [-0.1, -0.05) is 13.8 Å². The van der Waals surface area contributed by atoms with Gasteiger partial charge in [0.05, 0.1) is 19.1 Å². The second kappa shape index (κ2) is 2.81. The van der Waals surface area contributed by atoms with Crippen molar-refractivity contribution in [3.05, 3.63) is 0 Å². The molecule has 3 nitrogen and oxygen atoms in total. The van der Waals surface area contributed by atoms with E-state index in [1.807, 2.05) is 6.92 Å². The van der Waals surface area contributed by atoms with Gasteiger partial charge < -0.3 is 9.84 Å². The van der Waals surface area contributed by atoms with E-state index in [4.69, 9.17) is 9.84 Å². The fraction of sp³-hybridized carbons (Fsp3) is 0.875. The predicted molar refractivity (Wildman–Crippen MR) is 40.3 cm³/mol. The Morgan fingerprint density at radius 1 is 1.73 bits per heavy atom. The molecule has 1 aliphatic heterocycles. The van der Waals surface area contributed by atoms with Gasteiger partial charge in [-0.3, -0.25) is 4.79 Å². The average Bonchev–Trinajstić information content (AvgIpc) is 1.86. The molecule has 1 saturated heterocycles. The van der Waals surface area contributed by atoms with Gasteiger partial charge >= 0.3 is 5.97 Å². The van der Waals surface area contributed by atoms with E-state index in [9.17, 15) is 4.79 Å². The molecule has 0 aromatic rings. The monoisotopic (exact) mass is 158 g/mol. The lowest BCUT2D eigenvalue weighted by Gasteiger charge is -2.43. The van der Waals surface area contributed by atoms with Crippen molar-refractivity contribution in [2.24, 2.45) is 11.3 Å². The van der Waals surface area contributed by atoms with E-state index >= 15 is 0 Å². The number of rotatable bonds is 3. The molecule has 1 N–H and O–H groups in total. The average molecular weight is 158 g/mol. The quantitative estimate of drug-likeness (QED) is 0.669. The van der Waals surface area contributed by atoms with Gasteiger partial charge in [0.15, 0.2) is 0 Å². The van der Waals surface area contributed by atoms with Crippen molar-refractivity contribution in [1.82, 2.24) is 0 Å². The summed E-state index contributed by atoms with van der Waals surface area (Å²) in [5.74, 6) is -0.989. The zero-order valence-electron chi connectivity index (χ0n) is 6.96. The standard InChI is InChI=1S/C8H14O3/c1-3-8(4-11-5-8)6(2)7(9)10/h6H,3-5H2,1-2H3,(H,9,10)/t6-/m1/s1. The smallest absolute Gasteiger partial charge is 0.306 e. The van der Waals surface area contributed by atoms with Crippen LogP contribution in [0.4, 0.5) is 0 Å². The minimum absolute atomic E-state index is 0.0775. The van der Waals surface area contributed by atoms with Gasteiger partial charge in [0, 0.05) is 5.41 Å². The van der Waals surface area contributed by atoms with Crippen LogP contribution in [0.2, 0.25) is 0 Å². The van der Waals surface area contributed by atoms with Crippen LogP contribution >= 0.6 is 0 Å². The van der Waals surface area contributed by atoms with Crippen LogP contribution in [-0.2, 0) is 9.53 Å². The van der Waals surface area contributed by atoms with Crippen molar-refractivity contribution in [2.75, 3.05) is 13.2 Å². The van der Waals surface area contributed by atoms with E-state index in [0.717, 1.165) is 6.42 Å². The van der Waals surface area contributed by atoms with Crippen LogP contribution in [-0.4, -0.2) is 24.3 Å². The topological polar surface area (TPSA) is 46.5 Å². The molecule has 0 bridgehead atoms. The molecule has 1 aliphatic rings. The Labute approximate surface area is 66.4 Å². The third-order valence-corrected chi connectivity index (χ3v) is 2.77. The lowest BCUT2D eigenvalue weighted by Crippen LogP contribution is -2.49. The van der Waals surface area contributed by atoms with Crippen molar-refractivity contribution in [3.8, 4) is 0 Å². The fourth-order valence-electron chi connectivity index (χ4n) is 1.39. The molecule has 0 amide bonds. The van der Waals surface area contributed by atoms with Crippen LogP contribution in [0.1, 0.15) is 20.3 Å². The van der Waals surface area contributed by atoms with Gasteiger partial charge in [-0.15, -0.1) is 0 Å². The van der Waals surface area contributed by atoms with Gasteiger partial charge in [0.25, 0.3) is 0 Å². The summed E-state index contributed by atoms with van der Waals surface area (Å²) in [4.78, 5) is 10.6. The van der Waals surface area contributed by atoms with E-state index < -0.39 is 5.97 Å². The minimum Gasteiger partial charge on any atom is -0.481 e. The molecule has 1 rings (SSSR count). The second-order valence-electron chi connectivity index (χ2n) is 3.27. The predicted octanol–water partition coefficient (Wildman–Crippen LogP) is 1.13. The maximum Gasteiger partial charge on any atom is 0.306 e. The van der Waals surface area contributed by atoms with Crippen molar-refractivity contribution in [2.45, 2.75) is 20.3 Å². The van der Waals surface area contributed by atoms with Crippen molar-refractivity contribution >= 4 is 5.97 Å². The zero-order valence-corrected chi connectivity index (χ0v) is 6.96. The first-order chi connectivity index (χ1) is 5.12. The van der Waals surface area contributed by atoms with E-state index in [1.165, 1.54) is 0 Å². The lowest BCUT2D eigenvalue weighted by atomic mass is 9.72. The van der Waals surface area contributed by atoms with Gasteiger partial charge in [0.2, 0.25) is 0 Å². The highest BCUT2D eigenvalue weighted by atomic mass is 16.5. The Kier molecular flexibility index (Phi) is 2.18. The number of carboxylic acids is 1. The molecule has 64 valence electrons. The SMILES string of the molecule is CCC1([C@H](C)C(=O)O)COC1. The van der Waals surface area contributed by atoms with Gasteiger partial charge in [-0.2, -0.15) is 0 Å². The Morgan fingerprint density at radius 3 is 2.36 bits per heavy atom. The van der Waals surface area contributed by atoms with Crippen molar-refractivity contribution in [1.29, 1.82) is 0 Å². The first-order valence-electron chi connectivity index (χ1n) is 3.93. The molecule has 0 aromatic heterocycles. The summed E-state index contributed by atoms with van der Waals surface area (Å²) in [6.07, 6.45) is 0.889. The summed E-state index contributed by atoms with van der Waals surface area (Å²) in [7, 11) is 0. The van der Waals surface area contributed by atoms with Crippen LogP contribution in [0.25, 0.3) is 0 Å². The molecule has 1 heterocycles. The van der Waals surface area contributed by atoms with Crippen LogP contribution in [0.3, 0.4) is 0 Å². The fourth-order valence-corrected chi connectivity index (χ4v) is 1.39. The molecule has 0 aromatic carbocycles. The maximum absolute atomic E-state index is 10.6. The Balaban J connectivity index is 2.61. The molecule has 1 fully saturated rings. The van der Waals surface area contributed by atoms with Crippen LogP contribution in [0.5, 0.6) is 0 Å². The molecule has 3 heteroatoms. The Hall–Kier alpha value is -0.570. The van der Waals surface area contributed by atoms with Crippen molar-refractivity contribution in [3.63, 3.8) is 0 Å². The molecule has 0 spiro atoms. The first kappa shape index (κ1) is 8.53. The Morgan fingerprint density at radius 2 is 2.27 bits per heavy atom. The summed E-state index contributed by atoms with van der Waals surface area (Å²) < 4.78 is 5.04. The van der Waals surface area contributed by atoms with E-state index in [2.05, 4.69) is 0 Å². The third-order valence-electron chi connectivity index (χ3n) is 2.77. The highest BCUT2D eigenvalue weighted by Crippen LogP contribution is 2.38. The zero-order chi connectivity index (χ0) is 8.48. The third kappa shape index (κ3) is 1.25. The molecule has 0 saturated carbocycles. The highest BCUT2D eigenvalue weighted by molar-refractivity contribution is 5.70. The number of hydrogen-bond donors (Lipinski definition) is 1. The first-order valence-corrected chi connectivity index (χ1v) is 3.93. The minimum atomic E-state index is -0.713. The van der Waals surface area contributed by atoms with Gasteiger partial charge in [-0.25, -0.2) is 0 Å². The number of hydrogen-bond acceptors (Lipinski definition) is 2. The largest absolute Gasteiger partial charge is 0.481 e. The molecular formula is C8H14O3. The highest BCUT2D eigenvalue weighted by Gasteiger charge is 2.45. The summed E-state index contributed by atoms with van der Waals surface area (Å²) in [6.45, 7) is 4.99. The number of ether oxygens (including phenoxy) is 1. The van der Waals surface area contributed by atoms with Crippen LogP contribution < -0.4 is 0 Å². The molecule has 0 radical (unpaired) electrons. The van der Waals surface area contributed by atoms with Crippen molar-refractivity contribution < 1.29 is 14.6 Å². The second-order valence-corrected chi connectivity index (χ2v) is 3.27. The molecular weight excluding hydrogens is 144 g/mol. The van der Waals surface area contributed by atoms with Gasteiger partial charge in [0.1, 0.15) is 0 Å². The molecule has 0 unspecified atom stereocenters. The van der Waals surface area contributed by atoms with Crippen LogP contribution in [0.15, 0.2) is 0 Å². The van der Waals surface area contributed by atoms with Gasteiger partial charge in [-0.05, 0) is 6.42 Å². The summed E-state index contributed by atoms with van der Waals surface area (Å²) in [5, 5.41) is 8.76. The molecule has 1 atom stereocenters. The maximum atomic E-state index is 10.6. The number of carbonyl (C=O) groups is 1. The molecule has 0 aliphatic carbocycles. The Bertz CT molecular complexity index is 155. The number of carboxylic acid groups (broad SMARTS) is 1. The van der Waals surface area contributed by atoms with Crippen LogP contribution in [0, 0.1) is 11.3 Å². The van der Waals surface area contributed by atoms with E-state index in [1.54, 1.807) is 6.92 Å². The summed E-state index contributed by atoms with van der Waals surface area (Å²) >= 11 is 0. The lowest BCUT2D eigenvalue weighted by molar-refractivity contribution is -0.173. The normalized spacial score (nSPS) is 23.8. The summed E-state index contributed by atoms with van der Waals surface area (Å²) in [6, 6.07) is 0. The van der Waals surface area contributed by atoms with E-state index in [0.29, 0.717) is 13.2 Å². The molecule has 11 heavy (non-hydrogen) atoms.